The van der Waals surface area contributed by atoms with Crippen molar-refractivity contribution in [2.24, 2.45) is 11.3 Å². The molecule has 4 nitrogen and oxygen atoms in total. The Morgan fingerprint density at radius 1 is 1.15 bits per heavy atom. The monoisotopic (exact) mass is 284 g/mol. The molecule has 0 radical (unpaired) electrons. The van der Waals surface area contributed by atoms with E-state index in [0.29, 0.717) is 12.5 Å². The summed E-state index contributed by atoms with van der Waals surface area (Å²) in [6, 6.07) is -0.481. The van der Waals surface area contributed by atoms with Gasteiger partial charge in [-0.25, -0.2) is 0 Å². The molecule has 2 atom stereocenters. The highest BCUT2D eigenvalue weighted by molar-refractivity contribution is 5.89. The lowest BCUT2D eigenvalue weighted by molar-refractivity contribution is -0.133. The van der Waals surface area contributed by atoms with Gasteiger partial charge in [0.25, 0.3) is 0 Å². The van der Waals surface area contributed by atoms with Gasteiger partial charge in [-0.05, 0) is 19.3 Å². The number of hydrogen-bond donors (Lipinski definition) is 2. The van der Waals surface area contributed by atoms with E-state index in [4.69, 9.17) is 0 Å². The number of rotatable bonds is 8. The molecule has 0 aromatic rings. The van der Waals surface area contributed by atoms with Crippen LogP contribution in [0.15, 0.2) is 0 Å². The quantitative estimate of drug-likeness (QED) is 0.720. The second-order valence-corrected chi connectivity index (χ2v) is 6.61. The van der Waals surface area contributed by atoms with Gasteiger partial charge in [0.1, 0.15) is 6.04 Å². The number of amides is 2. The maximum absolute atomic E-state index is 12.0. The van der Waals surface area contributed by atoms with Crippen LogP contribution in [-0.2, 0) is 9.59 Å². The molecule has 2 amide bonds. The molecule has 0 saturated heterocycles. The summed E-state index contributed by atoms with van der Waals surface area (Å²) in [5.41, 5.74) is -0.471. The molecular formula is C16H32N2O2. The van der Waals surface area contributed by atoms with E-state index in [9.17, 15) is 9.59 Å². The Hall–Kier alpha value is -1.06. The van der Waals surface area contributed by atoms with E-state index < -0.39 is 11.5 Å². The highest BCUT2D eigenvalue weighted by atomic mass is 16.2. The Morgan fingerprint density at radius 3 is 2.20 bits per heavy atom. The standard InChI is InChI=1S/C16H32N2O2/c1-7-9-10-13(8-2)11-17-14(19)12(3)18-15(20)16(4,5)6/h12-13H,7-11H2,1-6H3,(H,17,19)(H,18,20). The van der Waals surface area contributed by atoms with E-state index in [1.807, 2.05) is 20.8 Å². The average molecular weight is 284 g/mol. The second-order valence-electron chi connectivity index (χ2n) is 6.61. The summed E-state index contributed by atoms with van der Waals surface area (Å²) in [4.78, 5) is 23.8. The van der Waals surface area contributed by atoms with Gasteiger partial charge in [0.15, 0.2) is 0 Å². The summed E-state index contributed by atoms with van der Waals surface area (Å²) in [5, 5.41) is 5.70. The zero-order valence-corrected chi connectivity index (χ0v) is 14.0. The number of carbonyl (C=O) groups excluding carboxylic acids is 2. The fourth-order valence-electron chi connectivity index (χ4n) is 1.82. The van der Waals surface area contributed by atoms with Crippen LogP contribution in [0.2, 0.25) is 0 Å². The molecule has 2 unspecified atom stereocenters. The zero-order valence-electron chi connectivity index (χ0n) is 14.0. The maximum atomic E-state index is 12.0. The van der Waals surface area contributed by atoms with E-state index in [1.165, 1.54) is 12.8 Å². The van der Waals surface area contributed by atoms with Crippen molar-refractivity contribution in [1.29, 1.82) is 0 Å². The molecule has 0 rings (SSSR count). The normalized spacial score (nSPS) is 14.5. The maximum Gasteiger partial charge on any atom is 0.242 e. The Labute approximate surface area is 124 Å². The molecule has 0 aliphatic carbocycles. The van der Waals surface area contributed by atoms with E-state index in [2.05, 4.69) is 24.5 Å². The predicted octanol–water partition coefficient (Wildman–Crippen LogP) is 2.87. The van der Waals surface area contributed by atoms with Gasteiger partial charge in [-0.1, -0.05) is 53.9 Å². The first-order valence-electron chi connectivity index (χ1n) is 7.81. The molecule has 2 N–H and O–H groups in total. The third-order valence-electron chi connectivity index (χ3n) is 3.53. The predicted molar refractivity (Wildman–Crippen MR) is 83.4 cm³/mol. The summed E-state index contributed by atoms with van der Waals surface area (Å²) < 4.78 is 0. The molecule has 0 aromatic carbocycles. The summed E-state index contributed by atoms with van der Waals surface area (Å²) >= 11 is 0. The lowest BCUT2D eigenvalue weighted by Gasteiger charge is -2.22. The van der Waals surface area contributed by atoms with Gasteiger partial charge in [-0.3, -0.25) is 9.59 Å². The van der Waals surface area contributed by atoms with Gasteiger partial charge in [0.2, 0.25) is 11.8 Å². The number of unbranched alkanes of at least 4 members (excludes halogenated alkanes) is 1. The first-order valence-corrected chi connectivity index (χ1v) is 7.81. The Balaban J connectivity index is 4.16. The highest BCUT2D eigenvalue weighted by Crippen LogP contribution is 2.13. The fraction of sp³-hybridized carbons (Fsp3) is 0.875. The van der Waals surface area contributed by atoms with Crippen molar-refractivity contribution in [3.05, 3.63) is 0 Å². The molecule has 0 heterocycles. The molecule has 0 fully saturated rings. The van der Waals surface area contributed by atoms with Crippen LogP contribution in [0.3, 0.4) is 0 Å². The largest absolute Gasteiger partial charge is 0.354 e. The summed E-state index contributed by atoms with van der Waals surface area (Å²) in [7, 11) is 0. The first kappa shape index (κ1) is 18.9. The van der Waals surface area contributed by atoms with Crippen molar-refractivity contribution < 1.29 is 9.59 Å². The topological polar surface area (TPSA) is 58.2 Å². The van der Waals surface area contributed by atoms with Crippen LogP contribution in [0.4, 0.5) is 0 Å². The van der Waals surface area contributed by atoms with Crippen LogP contribution in [0.5, 0.6) is 0 Å². The summed E-state index contributed by atoms with van der Waals surface area (Å²) in [6.45, 7) is 12.3. The molecule has 118 valence electrons. The minimum Gasteiger partial charge on any atom is -0.354 e. The smallest absolute Gasteiger partial charge is 0.242 e. The first-order chi connectivity index (χ1) is 9.22. The lowest BCUT2D eigenvalue weighted by Crippen LogP contribution is -2.49. The molecule has 0 saturated carbocycles. The Morgan fingerprint density at radius 2 is 1.75 bits per heavy atom. The van der Waals surface area contributed by atoms with E-state index in [1.54, 1.807) is 6.92 Å². The average Bonchev–Trinajstić information content (AvgIpc) is 2.37. The van der Waals surface area contributed by atoms with Crippen LogP contribution < -0.4 is 10.6 Å². The van der Waals surface area contributed by atoms with Crippen LogP contribution in [0, 0.1) is 11.3 Å². The third-order valence-corrected chi connectivity index (χ3v) is 3.53. The molecule has 4 heteroatoms. The Kier molecular flexibility index (Phi) is 8.51. The minimum atomic E-state index is -0.481. The number of hydrogen-bond acceptors (Lipinski definition) is 2. The zero-order chi connectivity index (χ0) is 15.8. The summed E-state index contributed by atoms with van der Waals surface area (Å²) in [6.07, 6.45) is 4.60. The van der Waals surface area contributed by atoms with Gasteiger partial charge in [0.05, 0.1) is 0 Å². The van der Waals surface area contributed by atoms with Crippen molar-refractivity contribution >= 4 is 11.8 Å². The molecule has 0 aliphatic rings. The number of nitrogens with one attached hydrogen (secondary N) is 2. The van der Waals surface area contributed by atoms with Crippen molar-refractivity contribution in [2.75, 3.05) is 6.54 Å². The van der Waals surface area contributed by atoms with Crippen molar-refractivity contribution in [3.8, 4) is 0 Å². The molecular weight excluding hydrogens is 252 g/mol. The van der Waals surface area contributed by atoms with Gasteiger partial charge < -0.3 is 10.6 Å². The van der Waals surface area contributed by atoms with E-state index >= 15 is 0 Å². The number of carbonyl (C=O) groups is 2. The third kappa shape index (κ3) is 7.51. The molecule has 0 aromatic heterocycles. The van der Waals surface area contributed by atoms with Gasteiger partial charge in [-0.15, -0.1) is 0 Å². The molecule has 20 heavy (non-hydrogen) atoms. The second kappa shape index (κ2) is 8.98. The highest BCUT2D eigenvalue weighted by Gasteiger charge is 2.25. The van der Waals surface area contributed by atoms with Crippen LogP contribution in [0.25, 0.3) is 0 Å². The van der Waals surface area contributed by atoms with Gasteiger partial charge in [0, 0.05) is 12.0 Å². The van der Waals surface area contributed by atoms with Crippen molar-refractivity contribution in [1.82, 2.24) is 10.6 Å². The Bertz CT molecular complexity index is 308. The van der Waals surface area contributed by atoms with Crippen LogP contribution >= 0.6 is 0 Å². The molecule has 0 spiro atoms. The van der Waals surface area contributed by atoms with Gasteiger partial charge >= 0.3 is 0 Å². The molecule has 0 aliphatic heterocycles. The minimum absolute atomic E-state index is 0.0989. The fourth-order valence-corrected chi connectivity index (χ4v) is 1.82. The van der Waals surface area contributed by atoms with E-state index in [-0.39, 0.29) is 11.8 Å². The summed E-state index contributed by atoms with van der Waals surface area (Å²) in [5.74, 6) is 0.333. The van der Waals surface area contributed by atoms with Crippen molar-refractivity contribution in [2.45, 2.75) is 73.3 Å². The molecule has 0 bridgehead atoms. The van der Waals surface area contributed by atoms with Crippen molar-refractivity contribution in [3.63, 3.8) is 0 Å². The SMILES string of the molecule is CCCCC(CC)CNC(=O)C(C)NC(=O)C(C)(C)C. The van der Waals surface area contributed by atoms with Crippen LogP contribution in [-0.4, -0.2) is 24.4 Å². The van der Waals surface area contributed by atoms with Crippen LogP contribution in [0.1, 0.15) is 67.2 Å². The lowest BCUT2D eigenvalue weighted by atomic mass is 9.95. The van der Waals surface area contributed by atoms with E-state index in [0.717, 1.165) is 12.8 Å². The van der Waals surface area contributed by atoms with Gasteiger partial charge in [-0.2, -0.15) is 0 Å².